The molecular weight excluding hydrogens is 541 g/mol. The van der Waals surface area contributed by atoms with Gasteiger partial charge in [-0.05, 0) is 42.6 Å². The van der Waals surface area contributed by atoms with Crippen molar-refractivity contribution in [3.63, 3.8) is 0 Å². The van der Waals surface area contributed by atoms with Crippen molar-refractivity contribution in [2.45, 2.75) is 63.2 Å². The molecule has 34 heavy (non-hydrogen) atoms. The van der Waals surface area contributed by atoms with Crippen LogP contribution in [0.1, 0.15) is 49.2 Å². The topological polar surface area (TPSA) is 93.3 Å². The number of aromatic nitrogens is 4. The second kappa shape index (κ2) is 9.26. The maximum Gasteiger partial charge on any atom is 0.436 e. The molecule has 2 fully saturated rings. The van der Waals surface area contributed by atoms with Gasteiger partial charge in [0.2, 0.25) is 15.9 Å². The van der Waals surface area contributed by atoms with Crippen LogP contribution in [-0.2, 0) is 34.1 Å². The van der Waals surface area contributed by atoms with Crippen molar-refractivity contribution in [2.24, 2.45) is 0 Å². The van der Waals surface area contributed by atoms with E-state index in [0.29, 0.717) is 17.9 Å². The van der Waals surface area contributed by atoms with Gasteiger partial charge in [-0.15, -0.1) is 0 Å². The molecule has 0 atom stereocenters. The van der Waals surface area contributed by atoms with Crippen LogP contribution in [-0.4, -0.2) is 69.3 Å². The fraction of sp³-hybridized carbons (Fsp3) is 0.650. The van der Waals surface area contributed by atoms with Gasteiger partial charge in [-0.3, -0.25) is 14.2 Å². The Morgan fingerprint density at radius 3 is 2.35 bits per heavy atom. The van der Waals surface area contributed by atoms with Crippen molar-refractivity contribution in [2.75, 3.05) is 26.2 Å². The predicted molar refractivity (Wildman–Crippen MR) is 119 cm³/mol. The third kappa shape index (κ3) is 4.89. The average molecular weight is 567 g/mol. The highest BCUT2D eigenvalue weighted by atomic mass is 79.9. The van der Waals surface area contributed by atoms with Crippen LogP contribution in [0.4, 0.5) is 13.2 Å². The molecule has 3 heterocycles. The summed E-state index contributed by atoms with van der Waals surface area (Å²) in [5, 5.41) is 7.93. The fourth-order valence-electron chi connectivity index (χ4n) is 4.14. The number of halogens is 4. The standard InChI is InChI=1S/C20H26BrF3N6O3S/c1-3-28-12-15(13(2)25-28)34(32,33)29-10-8-27(9-11-29)16(31)6-7-30-18(14-4-5-14)17(21)19(26-30)20(22,23)24/h12,14H,3-11H2,1-2H3. The average Bonchev–Trinajstić information content (AvgIpc) is 3.45. The Morgan fingerprint density at radius 2 is 1.82 bits per heavy atom. The molecular formula is C20H26BrF3N6O3S. The summed E-state index contributed by atoms with van der Waals surface area (Å²) in [6.45, 7) is 4.81. The molecule has 188 valence electrons. The molecule has 1 saturated heterocycles. The summed E-state index contributed by atoms with van der Waals surface area (Å²) in [7, 11) is -3.72. The molecule has 0 aromatic carbocycles. The van der Waals surface area contributed by atoms with E-state index in [1.54, 1.807) is 16.5 Å². The molecule has 0 bridgehead atoms. The summed E-state index contributed by atoms with van der Waals surface area (Å²) in [6.07, 6.45) is -1.49. The van der Waals surface area contributed by atoms with Crippen molar-refractivity contribution in [1.82, 2.24) is 28.8 Å². The number of hydrogen-bond donors (Lipinski definition) is 0. The minimum Gasteiger partial charge on any atom is -0.340 e. The second-order valence-corrected chi connectivity index (χ2v) is 11.2. The molecule has 0 N–H and O–H groups in total. The smallest absolute Gasteiger partial charge is 0.340 e. The Kier molecular flexibility index (Phi) is 6.86. The van der Waals surface area contributed by atoms with Gasteiger partial charge in [0.05, 0.1) is 22.4 Å². The number of nitrogens with zero attached hydrogens (tertiary/aromatic N) is 6. The second-order valence-electron chi connectivity index (χ2n) is 8.51. The van der Waals surface area contributed by atoms with Gasteiger partial charge in [-0.1, -0.05) is 0 Å². The zero-order valence-electron chi connectivity index (χ0n) is 18.8. The molecule has 0 radical (unpaired) electrons. The van der Waals surface area contributed by atoms with E-state index < -0.39 is 21.9 Å². The van der Waals surface area contributed by atoms with Crippen LogP contribution >= 0.6 is 15.9 Å². The molecule has 0 unspecified atom stereocenters. The van der Waals surface area contributed by atoms with Crippen molar-refractivity contribution in [3.8, 4) is 0 Å². The van der Waals surface area contributed by atoms with Crippen molar-refractivity contribution in [3.05, 3.63) is 27.8 Å². The molecule has 14 heteroatoms. The molecule has 2 aliphatic rings. The Balaban J connectivity index is 1.38. The number of amides is 1. The minimum atomic E-state index is -4.58. The molecule has 2 aromatic rings. The lowest BCUT2D eigenvalue weighted by Crippen LogP contribution is -2.50. The van der Waals surface area contributed by atoms with E-state index >= 15 is 0 Å². The van der Waals surface area contributed by atoms with Gasteiger partial charge in [0.1, 0.15) is 4.90 Å². The van der Waals surface area contributed by atoms with Crippen molar-refractivity contribution < 1.29 is 26.4 Å². The predicted octanol–water partition coefficient (Wildman–Crippen LogP) is 2.99. The normalized spacial score (nSPS) is 18.0. The highest BCUT2D eigenvalue weighted by Crippen LogP contribution is 2.47. The van der Waals surface area contributed by atoms with Crippen LogP contribution in [0.25, 0.3) is 0 Å². The largest absolute Gasteiger partial charge is 0.436 e. The zero-order valence-corrected chi connectivity index (χ0v) is 21.2. The Hall–Kier alpha value is -1.93. The van der Waals surface area contributed by atoms with Gasteiger partial charge in [-0.2, -0.15) is 27.7 Å². The zero-order chi connectivity index (χ0) is 24.8. The lowest BCUT2D eigenvalue weighted by atomic mass is 10.2. The highest BCUT2D eigenvalue weighted by Gasteiger charge is 2.42. The molecule has 4 rings (SSSR count). The fourth-order valence-corrected chi connectivity index (χ4v) is 6.57. The number of carbonyl (C=O) groups excluding carboxylic acids is 1. The summed E-state index contributed by atoms with van der Waals surface area (Å²) >= 11 is 3.05. The third-order valence-corrected chi connectivity index (χ3v) is 8.92. The maximum atomic E-state index is 13.3. The molecule has 1 aliphatic heterocycles. The SMILES string of the molecule is CCn1cc(S(=O)(=O)N2CCN(C(=O)CCn3nc(C(F)(F)F)c(Br)c3C3CC3)CC2)c(C)n1. The van der Waals surface area contributed by atoms with Gasteiger partial charge in [0.15, 0.2) is 5.69 Å². The number of piperazine rings is 1. The van der Waals surface area contributed by atoms with Gasteiger partial charge >= 0.3 is 6.18 Å². The lowest BCUT2D eigenvalue weighted by Gasteiger charge is -2.34. The highest BCUT2D eigenvalue weighted by molar-refractivity contribution is 9.10. The van der Waals surface area contributed by atoms with E-state index in [1.165, 1.54) is 15.2 Å². The molecule has 1 aliphatic carbocycles. The Morgan fingerprint density at radius 1 is 1.18 bits per heavy atom. The Bertz CT molecular complexity index is 1180. The summed E-state index contributed by atoms with van der Waals surface area (Å²) in [6, 6.07) is 0. The first kappa shape index (κ1) is 25.2. The van der Waals surface area contributed by atoms with Crippen LogP contribution < -0.4 is 0 Å². The van der Waals surface area contributed by atoms with Crippen LogP contribution in [0.2, 0.25) is 0 Å². The monoisotopic (exact) mass is 566 g/mol. The van der Waals surface area contributed by atoms with Crippen molar-refractivity contribution in [1.29, 1.82) is 0 Å². The van der Waals surface area contributed by atoms with Gasteiger partial charge in [-0.25, -0.2) is 8.42 Å². The van der Waals surface area contributed by atoms with E-state index in [0.717, 1.165) is 12.8 Å². The van der Waals surface area contributed by atoms with Crippen molar-refractivity contribution >= 4 is 31.9 Å². The number of alkyl halides is 3. The van der Waals surface area contributed by atoms with Gasteiger partial charge in [0, 0.05) is 51.3 Å². The number of sulfonamides is 1. The van der Waals surface area contributed by atoms with Crippen LogP contribution in [0.5, 0.6) is 0 Å². The van der Waals surface area contributed by atoms with E-state index in [-0.39, 0.29) is 60.3 Å². The number of carbonyl (C=O) groups is 1. The lowest BCUT2D eigenvalue weighted by molar-refractivity contribution is -0.142. The number of rotatable bonds is 7. The van der Waals surface area contributed by atoms with E-state index in [2.05, 4.69) is 26.1 Å². The van der Waals surface area contributed by atoms with Crippen LogP contribution in [0, 0.1) is 6.92 Å². The summed E-state index contributed by atoms with van der Waals surface area (Å²) in [5.41, 5.74) is -0.0585. The molecule has 9 nitrogen and oxygen atoms in total. The summed E-state index contributed by atoms with van der Waals surface area (Å²) in [4.78, 5) is 14.5. The molecule has 0 spiro atoms. The quantitative estimate of drug-likeness (QED) is 0.513. The molecule has 1 saturated carbocycles. The molecule has 2 aromatic heterocycles. The number of aryl methyl sites for hydroxylation is 3. The maximum absolute atomic E-state index is 13.3. The first-order chi connectivity index (χ1) is 15.9. The van der Waals surface area contributed by atoms with Crippen LogP contribution in [0.15, 0.2) is 15.6 Å². The first-order valence-corrected chi connectivity index (χ1v) is 13.3. The van der Waals surface area contributed by atoms with Gasteiger partial charge < -0.3 is 4.90 Å². The van der Waals surface area contributed by atoms with E-state index in [1.807, 2.05) is 6.92 Å². The van der Waals surface area contributed by atoms with E-state index in [4.69, 9.17) is 0 Å². The van der Waals surface area contributed by atoms with E-state index in [9.17, 15) is 26.4 Å². The number of hydrogen-bond acceptors (Lipinski definition) is 5. The third-order valence-electron chi connectivity index (χ3n) is 6.14. The Labute approximate surface area is 204 Å². The summed E-state index contributed by atoms with van der Waals surface area (Å²) in [5.74, 6) is -0.226. The first-order valence-electron chi connectivity index (χ1n) is 11.1. The summed E-state index contributed by atoms with van der Waals surface area (Å²) < 4.78 is 70.0. The molecule has 1 amide bonds. The van der Waals surface area contributed by atoms with Gasteiger partial charge in [0.25, 0.3) is 0 Å². The minimum absolute atomic E-state index is 0.0136. The van der Waals surface area contributed by atoms with Crippen LogP contribution in [0.3, 0.4) is 0 Å².